The fourth-order valence-electron chi connectivity index (χ4n) is 2.37. The number of nitrogens with zero attached hydrogens (tertiary/aromatic N) is 3. The van der Waals surface area contributed by atoms with Crippen LogP contribution in [0.15, 0.2) is 64.1 Å². The van der Waals surface area contributed by atoms with Crippen molar-refractivity contribution in [1.82, 2.24) is 0 Å². The number of rotatable bonds is 2. The maximum absolute atomic E-state index is 11.2. The summed E-state index contributed by atoms with van der Waals surface area (Å²) in [5.74, 6) is -0.0285. The van der Waals surface area contributed by atoms with Crippen molar-refractivity contribution in [2.75, 3.05) is 4.90 Å². The van der Waals surface area contributed by atoms with Crippen LogP contribution in [0.2, 0.25) is 0 Å². The zero-order chi connectivity index (χ0) is 17.2. The molecule has 0 unspecified atom stereocenters. The number of allylic oxidation sites excluding steroid dienone is 5. The molecule has 0 N–H and O–H groups in total. The van der Waals surface area contributed by atoms with Gasteiger partial charge in [-0.05, 0) is 44.2 Å². The third-order valence-electron chi connectivity index (χ3n) is 3.27. The van der Waals surface area contributed by atoms with Crippen molar-refractivity contribution in [1.29, 1.82) is 0 Å². The zero-order valence-electron chi connectivity index (χ0n) is 13.4. The minimum Gasteiger partial charge on any atom is -0.744 e. The molecule has 0 saturated heterocycles. The molecule has 0 fully saturated rings. The predicted octanol–water partition coefficient (Wildman–Crippen LogP) is 0.272. The summed E-state index contributed by atoms with van der Waals surface area (Å²) in [6.45, 7) is 17.6. The quantitative estimate of drug-likeness (QED) is 0.429. The molecular weight excluding hydrogens is 353 g/mol. The summed E-state index contributed by atoms with van der Waals surface area (Å²) in [6.07, 6.45) is 3.35. The molecule has 0 aromatic heterocycles. The third kappa shape index (κ3) is 4.44. The molecule has 0 amide bonds. The van der Waals surface area contributed by atoms with Crippen LogP contribution in [0.5, 0.6) is 0 Å². The second-order valence-corrected chi connectivity index (χ2v) is 6.24. The fourth-order valence-corrected chi connectivity index (χ4v) is 2.88. The molecule has 1 aliphatic heterocycles. The van der Waals surface area contributed by atoms with Gasteiger partial charge in [0.15, 0.2) is 0 Å². The van der Waals surface area contributed by atoms with Crippen LogP contribution in [-0.2, 0) is 10.1 Å². The average molecular weight is 365 g/mol. The van der Waals surface area contributed by atoms with Crippen molar-refractivity contribution in [3.63, 3.8) is 0 Å². The standard InChI is InChI=1S/C16H13N3O3S.K/c1-11-8-13(16(17-3)18-4)9-12(2)19(11)14-6-5-7-15(10-14)23(20,21)22;/h5-10H,1-2H3,(H,20,21,22);/q;+1/p-1. The van der Waals surface area contributed by atoms with Gasteiger partial charge in [0, 0.05) is 17.1 Å². The molecule has 0 atom stereocenters. The van der Waals surface area contributed by atoms with E-state index < -0.39 is 10.1 Å². The molecule has 24 heavy (non-hydrogen) atoms. The molecule has 6 nitrogen and oxygen atoms in total. The van der Waals surface area contributed by atoms with Crippen molar-refractivity contribution in [2.24, 2.45) is 0 Å². The van der Waals surface area contributed by atoms with Crippen molar-refractivity contribution in [3.05, 3.63) is 82.0 Å². The minimum absolute atomic E-state index is 0. The SMILES string of the molecule is [C-]#[N+]C([N+]#[C-])=C1C=C(C)N(c2cccc(S(=O)(=O)[O-])c2)C(C)=C1.[K+]. The van der Waals surface area contributed by atoms with Crippen LogP contribution in [0.25, 0.3) is 9.69 Å². The smallest absolute Gasteiger partial charge is 0.744 e. The number of hydrogen-bond acceptors (Lipinski definition) is 4. The van der Waals surface area contributed by atoms with Gasteiger partial charge in [-0.3, -0.25) is 0 Å². The monoisotopic (exact) mass is 365 g/mol. The topological polar surface area (TPSA) is 69.2 Å². The Hall–Kier alpha value is -1.23. The maximum atomic E-state index is 11.2. The van der Waals surface area contributed by atoms with E-state index >= 15 is 0 Å². The summed E-state index contributed by atoms with van der Waals surface area (Å²) in [6, 6.07) is 5.73. The van der Waals surface area contributed by atoms with Gasteiger partial charge in [0.1, 0.15) is 23.3 Å². The molecule has 0 bridgehead atoms. The molecule has 0 spiro atoms. The van der Waals surface area contributed by atoms with Gasteiger partial charge in [0.05, 0.1) is 10.5 Å². The minimum atomic E-state index is -4.54. The molecule has 8 heteroatoms. The maximum Gasteiger partial charge on any atom is 1.00 e. The van der Waals surface area contributed by atoms with Crippen molar-refractivity contribution in [2.45, 2.75) is 18.7 Å². The summed E-state index contributed by atoms with van der Waals surface area (Å²) in [5, 5.41) is 0. The molecule has 0 radical (unpaired) electrons. The summed E-state index contributed by atoms with van der Waals surface area (Å²) in [5.41, 5.74) is 2.46. The van der Waals surface area contributed by atoms with Crippen LogP contribution in [0.4, 0.5) is 5.69 Å². The first kappa shape index (κ1) is 20.8. The first-order valence-electron chi connectivity index (χ1n) is 6.50. The molecular formula is C16H12KN3O3S. The Kier molecular flexibility index (Phi) is 7.14. The molecule has 0 saturated carbocycles. The van der Waals surface area contributed by atoms with E-state index in [0.29, 0.717) is 22.7 Å². The summed E-state index contributed by atoms with van der Waals surface area (Å²) < 4.78 is 33.5. The Balaban J connectivity index is 0.00000288. The van der Waals surface area contributed by atoms with E-state index in [0.717, 1.165) is 0 Å². The molecule has 0 aliphatic carbocycles. The zero-order valence-corrected chi connectivity index (χ0v) is 17.4. The van der Waals surface area contributed by atoms with Gasteiger partial charge in [0.2, 0.25) is 0 Å². The van der Waals surface area contributed by atoms with E-state index in [1.807, 2.05) is 0 Å². The van der Waals surface area contributed by atoms with Gasteiger partial charge in [0.25, 0.3) is 0 Å². The Labute approximate surface area is 184 Å². The van der Waals surface area contributed by atoms with Crippen molar-refractivity contribution >= 4 is 15.8 Å². The molecule has 116 valence electrons. The molecule has 1 aromatic rings. The van der Waals surface area contributed by atoms with Gasteiger partial charge in [-0.15, -0.1) is 0 Å². The van der Waals surface area contributed by atoms with E-state index in [4.69, 9.17) is 13.1 Å². The van der Waals surface area contributed by atoms with E-state index in [9.17, 15) is 13.0 Å². The first-order chi connectivity index (χ1) is 10.8. The first-order valence-corrected chi connectivity index (χ1v) is 7.90. The summed E-state index contributed by atoms with van der Waals surface area (Å²) in [7, 11) is -4.54. The Morgan fingerprint density at radius 2 is 1.67 bits per heavy atom. The molecule has 2 rings (SSSR count). The van der Waals surface area contributed by atoms with Crippen LogP contribution in [0.1, 0.15) is 13.8 Å². The van der Waals surface area contributed by atoms with Crippen LogP contribution in [0.3, 0.4) is 0 Å². The largest absolute Gasteiger partial charge is 1.00 e. The van der Waals surface area contributed by atoms with Crippen molar-refractivity contribution in [3.8, 4) is 0 Å². The van der Waals surface area contributed by atoms with Crippen LogP contribution < -0.4 is 56.3 Å². The number of hydrogen-bond donors (Lipinski definition) is 0. The van der Waals surface area contributed by atoms with Crippen LogP contribution in [-0.4, -0.2) is 13.0 Å². The Morgan fingerprint density at radius 1 is 1.12 bits per heavy atom. The summed E-state index contributed by atoms with van der Waals surface area (Å²) >= 11 is 0. The third-order valence-corrected chi connectivity index (χ3v) is 4.10. The normalized spacial score (nSPS) is 13.9. The molecule has 1 aliphatic rings. The summed E-state index contributed by atoms with van der Waals surface area (Å²) in [4.78, 5) is 7.83. The number of benzene rings is 1. The Bertz CT molecular complexity index is 910. The molecule has 1 aromatic carbocycles. The van der Waals surface area contributed by atoms with E-state index in [1.165, 1.54) is 18.2 Å². The van der Waals surface area contributed by atoms with Gasteiger partial charge in [-0.2, -0.15) is 9.69 Å². The van der Waals surface area contributed by atoms with Gasteiger partial charge < -0.3 is 9.45 Å². The average Bonchev–Trinajstić information content (AvgIpc) is 2.47. The molecule has 1 heterocycles. The van der Waals surface area contributed by atoms with E-state index in [1.54, 1.807) is 37.0 Å². The van der Waals surface area contributed by atoms with Gasteiger partial charge >= 0.3 is 57.2 Å². The van der Waals surface area contributed by atoms with Gasteiger partial charge in [-0.1, -0.05) is 6.07 Å². The second-order valence-electron chi connectivity index (χ2n) is 4.86. The predicted molar refractivity (Wildman–Crippen MR) is 84.6 cm³/mol. The number of anilines is 1. The van der Waals surface area contributed by atoms with Gasteiger partial charge in [-0.25, -0.2) is 8.42 Å². The van der Waals surface area contributed by atoms with Crippen molar-refractivity contribution < 1.29 is 64.4 Å². The van der Waals surface area contributed by atoms with E-state index in [2.05, 4.69) is 9.69 Å². The second kappa shape index (κ2) is 8.23. The van der Waals surface area contributed by atoms with E-state index in [-0.39, 0.29) is 62.1 Å². The van der Waals surface area contributed by atoms with Crippen LogP contribution in [0, 0.1) is 13.1 Å². The van der Waals surface area contributed by atoms with Crippen LogP contribution >= 0.6 is 0 Å². The fraction of sp³-hybridized carbons (Fsp3) is 0.125. The Morgan fingerprint density at radius 3 is 2.12 bits per heavy atom.